The second kappa shape index (κ2) is 5.21. The molecular weight excluding hydrogens is 163 g/mol. The van der Waals surface area contributed by atoms with Gasteiger partial charge in [0.25, 0.3) is 0 Å². The molecule has 1 rings (SSSR count). The van der Waals surface area contributed by atoms with E-state index in [1.54, 1.807) is 0 Å². The largest absolute Gasteiger partial charge is 3.00 e. The zero-order chi connectivity index (χ0) is 4.24. The van der Waals surface area contributed by atoms with Crippen LogP contribution in [0.25, 0.3) is 0 Å². The van der Waals surface area contributed by atoms with Gasteiger partial charge in [-0.1, -0.05) is 6.42 Å². The van der Waals surface area contributed by atoms with E-state index in [-0.39, 0.29) is 32.7 Å². The maximum atomic E-state index is 3.16. The van der Waals surface area contributed by atoms with Crippen LogP contribution in [0.1, 0.15) is 19.3 Å². The normalized spacial score (nSPS) is 20.6. The van der Waals surface area contributed by atoms with Gasteiger partial charge in [-0.2, -0.15) is 6.42 Å². The first-order valence-corrected chi connectivity index (χ1v) is 2.55. The third kappa shape index (κ3) is 3.63. The molecule has 2 heteroatoms. The second-order valence-electron chi connectivity index (χ2n) is 1.65. The van der Waals surface area contributed by atoms with Crippen LogP contribution in [0.3, 0.4) is 0 Å². The van der Waals surface area contributed by atoms with Crippen LogP contribution in [0.4, 0.5) is 0 Å². The van der Waals surface area contributed by atoms with E-state index < -0.39 is 0 Å². The molecule has 0 unspecified atom stereocenters. The molecule has 0 atom stereocenters. The van der Waals surface area contributed by atoms with Gasteiger partial charge in [0, 0.05) is 0 Å². The molecule has 1 fully saturated rings. The maximum absolute atomic E-state index is 3.16. The van der Waals surface area contributed by atoms with Crippen LogP contribution in [-0.4, -0.2) is 6.54 Å². The Morgan fingerprint density at radius 1 is 1.29 bits per heavy atom. The molecule has 0 bridgehead atoms. The van der Waals surface area contributed by atoms with Gasteiger partial charge in [0.15, 0.2) is 0 Å². The number of hydrogen-bond acceptors (Lipinski definition) is 1. The van der Waals surface area contributed by atoms with Crippen molar-refractivity contribution in [2.75, 3.05) is 6.54 Å². The van der Waals surface area contributed by atoms with Crippen molar-refractivity contribution in [1.29, 1.82) is 0 Å². The zero-order valence-electron chi connectivity index (χ0n) is 4.48. The molecule has 1 saturated heterocycles. The topological polar surface area (TPSA) is 12.0 Å². The molecule has 1 N–H and O–H groups in total. The predicted molar refractivity (Wildman–Crippen MR) is 26.2 cm³/mol. The summed E-state index contributed by atoms with van der Waals surface area (Å²) in [4.78, 5) is 0. The van der Waals surface area contributed by atoms with Crippen LogP contribution in [0, 0.1) is 6.54 Å². The Kier molecular flexibility index (Phi) is 6.00. The molecule has 7 heavy (non-hydrogen) atoms. The van der Waals surface area contributed by atoms with Crippen molar-refractivity contribution in [3.05, 3.63) is 6.54 Å². The monoisotopic (exact) mass is 173 g/mol. The van der Waals surface area contributed by atoms with E-state index in [1.807, 2.05) is 0 Å². The van der Waals surface area contributed by atoms with Gasteiger partial charge in [-0.3, -0.25) is 6.54 Å². The van der Waals surface area contributed by atoms with E-state index >= 15 is 0 Å². The average molecular weight is 173 g/mol. The number of piperidine rings is 1. The van der Waals surface area contributed by atoms with Crippen molar-refractivity contribution in [1.82, 2.24) is 5.32 Å². The molecule has 0 spiro atoms. The van der Waals surface area contributed by atoms with Crippen LogP contribution in [0.5, 0.6) is 0 Å². The number of rotatable bonds is 0. The molecule has 0 aromatic carbocycles. The van der Waals surface area contributed by atoms with Crippen molar-refractivity contribution in [3.8, 4) is 0 Å². The first-order valence-electron chi connectivity index (χ1n) is 2.55. The van der Waals surface area contributed by atoms with E-state index in [0.29, 0.717) is 0 Å². The average Bonchev–Trinajstić information content (AvgIpc) is 1.72. The van der Waals surface area contributed by atoms with Crippen molar-refractivity contribution in [3.63, 3.8) is 0 Å². The summed E-state index contributed by atoms with van der Waals surface area (Å²) in [6.07, 6.45) is 4.00. The van der Waals surface area contributed by atoms with Crippen molar-refractivity contribution < 1.29 is 32.7 Å². The molecule has 36 valence electrons. The van der Waals surface area contributed by atoms with Gasteiger partial charge in [-0.15, -0.1) is 0 Å². The van der Waals surface area contributed by atoms with Gasteiger partial charge in [-0.25, -0.2) is 0 Å². The maximum Gasteiger partial charge on any atom is 3.00 e. The Morgan fingerprint density at radius 3 is 2.29 bits per heavy atom. The number of hydrogen-bond donors (Lipinski definition) is 1. The third-order valence-electron chi connectivity index (χ3n) is 1.06. The van der Waals surface area contributed by atoms with Crippen molar-refractivity contribution >= 4 is 0 Å². The molecule has 0 radical (unpaired) electrons. The Morgan fingerprint density at radius 2 is 2.14 bits per heavy atom. The molecule has 1 heterocycles. The van der Waals surface area contributed by atoms with Gasteiger partial charge in [0.05, 0.1) is 0 Å². The Bertz CT molecular complexity index is 23.6. The fourth-order valence-corrected chi connectivity index (χ4v) is 0.678. The van der Waals surface area contributed by atoms with Crippen LogP contribution in [-0.2, 0) is 32.7 Å². The summed E-state index contributed by atoms with van der Waals surface area (Å²) in [6.45, 7) is 3.34. The van der Waals surface area contributed by atoms with Gasteiger partial charge in [-0.05, 0) is 13.0 Å². The minimum absolute atomic E-state index is 0. The molecule has 1 aliphatic rings. The third-order valence-corrected chi connectivity index (χ3v) is 1.06. The predicted octanol–water partition coefficient (Wildman–Crippen LogP) is 0.919. The molecule has 1 aliphatic heterocycles. The first kappa shape index (κ1) is 8.06. The Labute approximate surface area is 70.1 Å². The fourth-order valence-electron chi connectivity index (χ4n) is 0.678. The summed E-state index contributed by atoms with van der Waals surface area (Å²) in [6, 6.07) is 0. The van der Waals surface area contributed by atoms with Crippen LogP contribution < -0.4 is 5.32 Å². The molecule has 0 amide bonds. The van der Waals surface area contributed by atoms with E-state index in [4.69, 9.17) is 0 Å². The van der Waals surface area contributed by atoms with E-state index in [2.05, 4.69) is 11.9 Å². The summed E-state index contributed by atoms with van der Waals surface area (Å²) in [5.41, 5.74) is 0. The van der Waals surface area contributed by atoms with Crippen LogP contribution in [0.15, 0.2) is 0 Å². The fraction of sp³-hybridized carbons (Fsp3) is 0.800. The van der Waals surface area contributed by atoms with Crippen LogP contribution >= 0.6 is 0 Å². The SMILES string of the molecule is [CH-]1CCCCN1.[Y+3]. The zero-order valence-corrected chi connectivity index (χ0v) is 7.32. The smallest absolute Gasteiger partial charge is 0.470 e. The summed E-state index contributed by atoms with van der Waals surface area (Å²) in [5, 5.41) is 3.16. The van der Waals surface area contributed by atoms with Crippen molar-refractivity contribution in [2.24, 2.45) is 0 Å². The summed E-state index contributed by atoms with van der Waals surface area (Å²) < 4.78 is 0. The van der Waals surface area contributed by atoms with E-state index in [9.17, 15) is 0 Å². The Balaban J connectivity index is 0.000000360. The van der Waals surface area contributed by atoms with Crippen molar-refractivity contribution in [2.45, 2.75) is 19.3 Å². The molecule has 0 aromatic rings. The molecule has 0 saturated carbocycles. The standard InChI is InChI=1S/C5H10N.Y/c1-2-4-6-5-3-1;/h4,6H,1-3,5H2;/q-1;+3. The number of nitrogens with one attached hydrogen (secondary N) is 1. The van der Waals surface area contributed by atoms with Gasteiger partial charge < -0.3 is 5.32 Å². The van der Waals surface area contributed by atoms with E-state index in [0.717, 1.165) is 0 Å². The summed E-state index contributed by atoms with van der Waals surface area (Å²) in [7, 11) is 0. The Hall–Kier alpha value is 1.06. The molecular formula is C5H10NY+2. The summed E-state index contributed by atoms with van der Waals surface area (Å²) in [5.74, 6) is 0. The summed E-state index contributed by atoms with van der Waals surface area (Å²) >= 11 is 0. The molecule has 1 nitrogen and oxygen atoms in total. The first-order chi connectivity index (χ1) is 3.00. The van der Waals surface area contributed by atoms with E-state index in [1.165, 1.54) is 25.8 Å². The quantitative estimate of drug-likeness (QED) is 0.537. The molecule has 0 aliphatic carbocycles. The molecule has 0 aromatic heterocycles. The second-order valence-corrected chi connectivity index (χ2v) is 1.65. The van der Waals surface area contributed by atoms with Gasteiger partial charge in [0.2, 0.25) is 0 Å². The minimum atomic E-state index is 0. The van der Waals surface area contributed by atoms with Gasteiger partial charge >= 0.3 is 32.7 Å². The van der Waals surface area contributed by atoms with Gasteiger partial charge in [0.1, 0.15) is 0 Å². The van der Waals surface area contributed by atoms with Crippen LogP contribution in [0.2, 0.25) is 0 Å². The minimum Gasteiger partial charge on any atom is -0.470 e.